The van der Waals surface area contributed by atoms with Crippen LogP contribution in [0.5, 0.6) is 17.2 Å². The molecule has 0 bridgehead atoms. The van der Waals surface area contributed by atoms with Gasteiger partial charge < -0.3 is 25.2 Å². The number of rotatable bonds is 5. The second-order valence-corrected chi connectivity index (χ2v) is 5.28. The first-order valence-corrected chi connectivity index (χ1v) is 7.45. The van der Waals surface area contributed by atoms with Gasteiger partial charge in [0.25, 0.3) is 0 Å². The number of alkyl halides is 3. The van der Waals surface area contributed by atoms with Gasteiger partial charge in [-0.15, -0.1) is 13.2 Å². The maximum atomic E-state index is 12.1. The number of carbonyl (C=O) groups is 2. The van der Waals surface area contributed by atoms with Crippen LogP contribution >= 0.6 is 0 Å². The Morgan fingerprint density at radius 1 is 1.07 bits per heavy atom. The molecule has 144 valence electrons. The summed E-state index contributed by atoms with van der Waals surface area (Å²) >= 11 is 0. The van der Waals surface area contributed by atoms with E-state index in [4.69, 9.17) is 4.74 Å². The number of aromatic hydroxyl groups is 1. The SMILES string of the molecule is COc1cc(O)c(C(C)=O)cc1NC(=O)Nc1ccc(OC(F)(F)F)cc1. The standard InChI is InChI=1S/C17H15F3N2O5/c1-9(23)12-7-13(15(26-2)8-14(12)24)22-16(25)21-10-3-5-11(6-4-10)27-17(18,19)20/h3-8,24H,1-2H3,(H2,21,22,25). The molecule has 7 nitrogen and oxygen atoms in total. The number of methoxy groups -OCH3 is 1. The van der Waals surface area contributed by atoms with Gasteiger partial charge in [0.15, 0.2) is 5.78 Å². The predicted octanol–water partition coefficient (Wildman–Crippen LogP) is 4.15. The van der Waals surface area contributed by atoms with E-state index in [0.717, 1.165) is 12.1 Å². The number of benzene rings is 2. The van der Waals surface area contributed by atoms with Crippen molar-refractivity contribution in [3.63, 3.8) is 0 Å². The first kappa shape index (κ1) is 19.9. The van der Waals surface area contributed by atoms with E-state index in [1.54, 1.807) is 0 Å². The number of anilines is 2. The number of ketones is 1. The highest BCUT2D eigenvalue weighted by atomic mass is 19.4. The summed E-state index contributed by atoms with van der Waals surface area (Å²) in [5.41, 5.74) is 0.307. The maximum absolute atomic E-state index is 12.1. The molecule has 0 unspecified atom stereocenters. The molecule has 27 heavy (non-hydrogen) atoms. The third-order valence-electron chi connectivity index (χ3n) is 3.29. The highest BCUT2D eigenvalue weighted by Crippen LogP contribution is 2.32. The molecule has 0 heterocycles. The maximum Gasteiger partial charge on any atom is 0.573 e. The molecule has 0 aliphatic carbocycles. The Kier molecular flexibility index (Phi) is 5.78. The Bertz CT molecular complexity index is 851. The first-order valence-electron chi connectivity index (χ1n) is 7.45. The molecule has 10 heteroatoms. The Hall–Kier alpha value is -3.43. The highest BCUT2D eigenvalue weighted by Gasteiger charge is 2.31. The summed E-state index contributed by atoms with van der Waals surface area (Å²) in [5, 5.41) is 14.6. The minimum Gasteiger partial charge on any atom is -0.507 e. The van der Waals surface area contributed by atoms with Gasteiger partial charge in [-0.2, -0.15) is 0 Å². The lowest BCUT2D eigenvalue weighted by atomic mass is 10.1. The third kappa shape index (κ3) is 5.53. The average Bonchev–Trinajstić information content (AvgIpc) is 2.56. The highest BCUT2D eigenvalue weighted by molar-refractivity contribution is 6.03. The Morgan fingerprint density at radius 2 is 1.70 bits per heavy atom. The van der Waals surface area contributed by atoms with Gasteiger partial charge in [0.05, 0.1) is 18.4 Å². The number of Topliss-reactive ketones (excluding diaryl/α,β-unsaturated/α-hetero) is 1. The molecule has 0 aromatic heterocycles. The summed E-state index contributed by atoms with van der Waals surface area (Å²) in [4.78, 5) is 23.6. The second kappa shape index (κ2) is 7.85. The van der Waals surface area contributed by atoms with Crippen molar-refractivity contribution in [1.29, 1.82) is 0 Å². The predicted molar refractivity (Wildman–Crippen MR) is 90.4 cm³/mol. The third-order valence-corrected chi connectivity index (χ3v) is 3.29. The van der Waals surface area contributed by atoms with Crippen molar-refractivity contribution in [2.45, 2.75) is 13.3 Å². The number of phenols is 1. The summed E-state index contributed by atoms with van der Waals surface area (Å²) in [6.07, 6.45) is -4.81. The number of halogens is 3. The number of amides is 2. The zero-order chi connectivity index (χ0) is 20.2. The van der Waals surface area contributed by atoms with Gasteiger partial charge in [0.2, 0.25) is 0 Å². The number of urea groups is 1. The number of nitrogens with one attached hydrogen (secondary N) is 2. The van der Waals surface area contributed by atoms with Gasteiger partial charge in [-0.3, -0.25) is 4.79 Å². The van der Waals surface area contributed by atoms with Gasteiger partial charge in [-0.1, -0.05) is 0 Å². The van der Waals surface area contributed by atoms with Crippen LogP contribution in [-0.4, -0.2) is 30.4 Å². The fourth-order valence-corrected chi connectivity index (χ4v) is 2.14. The molecule has 2 aromatic carbocycles. The van der Waals surface area contributed by atoms with Gasteiger partial charge in [0, 0.05) is 11.8 Å². The van der Waals surface area contributed by atoms with Gasteiger partial charge in [-0.25, -0.2) is 4.79 Å². The summed E-state index contributed by atoms with van der Waals surface area (Å²) in [6, 6.07) is 6.20. The van der Waals surface area contributed by atoms with E-state index in [-0.39, 0.29) is 28.4 Å². The van der Waals surface area contributed by atoms with Crippen molar-refractivity contribution in [2.75, 3.05) is 17.7 Å². The molecule has 0 saturated heterocycles. The molecule has 3 N–H and O–H groups in total. The lowest BCUT2D eigenvalue weighted by molar-refractivity contribution is -0.274. The molecule has 0 atom stereocenters. The summed E-state index contributed by atoms with van der Waals surface area (Å²) in [7, 11) is 1.31. The van der Waals surface area contributed by atoms with E-state index in [0.29, 0.717) is 0 Å². The first-order chi connectivity index (χ1) is 12.6. The number of phenolic OH excluding ortho intramolecular Hbond substituents is 1. The summed E-state index contributed by atoms with van der Waals surface area (Å²) in [6.45, 7) is 1.25. The molecule has 0 fully saturated rings. The van der Waals surface area contributed by atoms with Gasteiger partial charge in [0.1, 0.15) is 17.2 Å². The van der Waals surface area contributed by atoms with Crippen LogP contribution < -0.4 is 20.1 Å². The van der Waals surface area contributed by atoms with Crippen molar-refractivity contribution in [3.8, 4) is 17.2 Å². The molecule has 2 rings (SSSR count). The molecule has 2 amide bonds. The smallest absolute Gasteiger partial charge is 0.507 e. The largest absolute Gasteiger partial charge is 0.573 e. The van der Waals surface area contributed by atoms with E-state index >= 15 is 0 Å². The zero-order valence-corrected chi connectivity index (χ0v) is 14.2. The monoisotopic (exact) mass is 384 g/mol. The van der Waals surface area contributed by atoms with Crippen molar-refractivity contribution < 1.29 is 37.3 Å². The van der Waals surface area contributed by atoms with Crippen molar-refractivity contribution in [2.24, 2.45) is 0 Å². The number of ether oxygens (including phenoxy) is 2. The quantitative estimate of drug-likeness (QED) is 0.532. The van der Waals surface area contributed by atoms with E-state index < -0.39 is 23.9 Å². The normalized spacial score (nSPS) is 10.9. The topological polar surface area (TPSA) is 96.9 Å². The minimum atomic E-state index is -4.81. The van der Waals surface area contributed by atoms with Crippen LogP contribution in [0.4, 0.5) is 29.3 Å². The Balaban J connectivity index is 2.11. The van der Waals surface area contributed by atoms with Crippen LogP contribution in [0.2, 0.25) is 0 Å². The van der Waals surface area contributed by atoms with E-state index in [9.17, 15) is 27.9 Å². The van der Waals surface area contributed by atoms with Crippen LogP contribution in [-0.2, 0) is 0 Å². The van der Waals surface area contributed by atoms with Crippen LogP contribution in [0.3, 0.4) is 0 Å². The lowest BCUT2D eigenvalue weighted by Gasteiger charge is -2.14. The van der Waals surface area contributed by atoms with Crippen LogP contribution in [0.15, 0.2) is 36.4 Å². The van der Waals surface area contributed by atoms with Crippen molar-refractivity contribution in [1.82, 2.24) is 0 Å². The van der Waals surface area contributed by atoms with Crippen LogP contribution in [0.1, 0.15) is 17.3 Å². The molecule has 0 radical (unpaired) electrons. The van der Waals surface area contributed by atoms with Gasteiger partial charge in [-0.05, 0) is 37.3 Å². The van der Waals surface area contributed by atoms with E-state index in [1.165, 1.54) is 38.3 Å². The van der Waals surface area contributed by atoms with E-state index in [1.807, 2.05) is 0 Å². The molecule has 0 aliphatic rings. The fourth-order valence-electron chi connectivity index (χ4n) is 2.14. The Labute approximate surface area is 151 Å². The molecular formula is C17H15F3N2O5. The Morgan fingerprint density at radius 3 is 2.22 bits per heavy atom. The molecule has 0 spiro atoms. The minimum absolute atomic E-state index is 0.0141. The van der Waals surface area contributed by atoms with Crippen molar-refractivity contribution in [3.05, 3.63) is 42.0 Å². The van der Waals surface area contributed by atoms with Crippen LogP contribution in [0.25, 0.3) is 0 Å². The van der Waals surface area contributed by atoms with E-state index in [2.05, 4.69) is 15.4 Å². The molecule has 2 aromatic rings. The second-order valence-electron chi connectivity index (χ2n) is 5.28. The number of hydrogen-bond acceptors (Lipinski definition) is 5. The summed E-state index contributed by atoms with van der Waals surface area (Å²) < 4.78 is 45.2. The molecular weight excluding hydrogens is 369 g/mol. The number of hydrogen-bond donors (Lipinski definition) is 3. The van der Waals surface area contributed by atoms with Crippen LogP contribution in [0, 0.1) is 0 Å². The average molecular weight is 384 g/mol. The number of carbonyl (C=O) groups excluding carboxylic acids is 2. The van der Waals surface area contributed by atoms with Crippen molar-refractivity contribution >= 4 is 23.2 Å². The lowest BCUT2D eigenvalue weighted by Crippen LogP contribution is -2.20. The summed E-state index contributed by atoms with van der Waals surface area (Å²) in [5.74, 6) is -1.04. The molecule has 0 saturated carbocycles. The molecule has 0 aliphatic heterocycles. The fraction of sp³-hybridized carbons (Fsp3) is 0.176. The zero-order valence-electron chi connectivity index (χ0n) is 14.2. The van der Waals surface area contributed by atoms with Gasteiger partial charge >= 0.3 is 12.4 Å².